The van der Waals surface area contributed by atoms with Gasteiger partial charge in [0.2, 0.25) is 3.79 Å². The van der Waals surface area contributed by atoms with E-state index in [1.54, 1.807) is 24.3 Å². The summed E-state index contributed by atoms with van der Waals surface area (Å²) in [5.41, 5.74) is 0.429. The third kappa shape index (κ3) is 5.88. The summed E-state index contributed by atoms with van der Waals surface area (Å²) in [6.45, 7) is 2.77. The minimum atomic E-state index is -1.76. The number of fused-ring (bicyclic) bond motifs is 1. The first-order chi connectivity index (χ1) is 12.8. The number of ether oxygens (including phenoxy) is 1. The molecule has 0 spiro atoms. The number of benzene rings is 1. The van der Waals surface area contributed by atoms with Crippen LogP contribution in [-0.4, -0.2) is 46.6 Å². The average molecular weight is 454 g/mol. The van der Waals surface area contributed by atoms with E-state index >= 15 is 0 Å². The molecule has 0 aromatic heterocycles. The summed E-state index contributed by atoms with van der Waals surface area (Å²) < 4.78 is 4.17. The number of halogens is 4. The van der Waals surface area contributed by atoms with Gasteiger partial charge in [-0.2, -0.15) is 0 Å². The molecule has 0 aliphatic carbocycles. The number of carbonyl (C=O) groups excluding carboxylic acids is 1. The molecule has 8 heteroatoms. The molecule has 1 N–H and O–H groups in total. The molecule has 0 radical (unpaired) electrons. The molecule has 2 aliphatic rings. The minimum absolute atomic E-state index is 0.370. The first-order valence-corrected chi connectivity index (χ1v) is 10.8. The van der Waals surface area contributed by atoms with Gasteiger partial charge in [0, 0.05) is 16.6 Å². The molecule has 2 heterocycles. The molecule has 2 fully saturated rings. The molecule has 2 saturated heterocycles. The normalized spacial score (nSPS) is 24.9. The zero-order valence-corrected chi connectivity index (χ0v) is 18.0. The minimum Gasteiger partial charge on any atom is -0.354 e. The predicted octanol–water partition coefficient (Wildman–Crippen LogP) is 5.05. The van der Waals surface area contributed by atoms with Crippen molar-refractivity contribution >= 4 is 52.3 Å². The van der Waals surface area contributed by atoms with Gasteiger partial charge in [-0.3, -0.25) is 4.79 Å². The van der Waals surface area contributed by atoms with Crippen LogP contribution in [0.25, 0.3) is 0 Å². The van der Waals surface area contributed by atoms with Gasteiger partial charge in [-0.15, -0.1) is 0 Å². The summed E-state index contributed by atoms with van der Waals surface area (Å²) in [5.74, 6) is 0.0206. The van der Waals surface area contributed by atoms with Gasteiger partial charge in [0.15, 0.2) is 6.23 Å². The number of piperidine rings is 2. The molecule has 4 nitrogen and oxygen atoms in total. The van der Waals surface area contributed by atoms with E-state index in [9.17, 15) is 4.79 Å². The second kappa shape index (κ2) is 9.51. The molecule has 27 heavy (non-hydrogen) atoms. The fourth-order valence-electron chi connectivity index (χ4n) is 4.01. The molecule has 1 aromatic carbocycles. The number of amides is 1. The quantitative estimate of drug-likeness (QED) is 0.501. The third-order valence-electron chi connectivity index (χ3n) is 5.37. The van der Waals surface area contributed by atoms with Crippen LogP contribution in [0.15, 0.2) is 24.3 Å². The Bertz CT molecular complexity index is 634. The molecular formula is C19H24Cl4N2O2. The Balaban J connectivity index is 1.61. The van der Waals surface area contributed by atoms with Crippen molar-refractivity contribution in [2.75, 3.05) is 19.7 Å². The van der Waals surface area contributed by atoms with Crippen molar-refractivity contribution in [2.24, 2.45) is 5.92 Å². The lowest BCUT2D eigenvalue weighted by Gasteiger charge is -2.44. The fraction of sp³-hybridized carbons (Fsp3) is 0.632. The first-order valence-electron chi connectivity index (χ1n) is 9.33. The molecule has 3 rings (SSSR count). The standard InChI is InChI=1S/C19H24Cl4N2O2/c20-15-8-6-13(7-9-15)17(26)24-18(19(21,22)23)27-12-14-4-3-11-25-10-2-1-5-16(14)25/h6-9,14,16,18H,1-5,10-12H2,(H,24,26). The van der Waals surface area contributed by atoms with E-state index in [4.69, 9.17) is 51.1 Å². The fourth-order valence-corrected chi connectivity index (χ4v) is 4.49. The molecule has 2 aliphatic heterocycles. The van der Waals surface area contributed by atoms with Crippen LogP contribution in [0.4, 0.5) is 0 Å². The third-order valence-corrected chi connectivity index (χ3v) is 6.22. The SMILES string of the molecule is O=C(NC(OCC1CCCN2CCCCC12)C(Cl)(Cl)Cl)c1ccc(Cl)cc1. The van der Waals surface area contributed by atoms with E-state index in [0.29, 0.717) is 29.2 Å². The van der Waals surface area contributed by atoms with Gasteiger partial charge in [0.25, 0.3) is 5.91 Å². The van der Waals surface area contributed by atoms with Gasteiger partial charge in [0.1, 0.15) is 0 Å². The highest BCUT2D eigenvalue weighted by molar-refractivity contribution is 6.68. The van der Waals surface area contributed by atoms with Gasteiger partial charge in [-0.05, 0) is 69.0 Å². The largest absolute Gasteiger partial charge is 0.354 e. The summed E-state index contributed by atoms with van der Waals surface area (Å²) in [6, 6.07) is 7.04. The van der Waals surface area contributed by atoms with Crippen LogP contribution < -0.4 is 5.32 Å². The van der Waals surface area contributed by atoms with E-state index in [-0.39, 0.29) is 5.91 Å². The maximum absolute atomic E-state index is 12.5. The van der Waals surface area contributed by atoms with Gasteiger partial charge >= 0.3 is 0 Å². The van der Waals surface area contributed by atoms with Crippen LogP contribution in [0.5, 0.6) is 0 Å². The molecule has 3 atom stereocenters. The van der Waals surface area contributed by atoms with Crippen molar-refractivity contribution in [1.29, 1.82) is 0 Å². The van der Waals surface area contributed by atoms with Crippen molar-refractivity contribution in [3.05, 3.63) is 34.9 Å². The van der Waals surface area contributed by atoms with Gasteiger partial charge < -0.3 is 15.0 Å². The van der Waals surface area contributed by atoms with Gasteiger partial charge in [-0.1, -0.05) is 52.8 Å². The van der Waals surface area contributed by atoms with Crippen LogP contribution in [-0.2, 0) is 4.74 Å². The van der Waals surface area contributed by atoms with E-state index < -0.39 is 10.0 Å². The lowest BCUT2D eigenvalue weighted by molar-refractivity contribution is -0.0325. The summed E-state index contributed by atoms with van der Waals surface area (Å²) in [6.07, 6.45) is 4.92. The number of hydrogen-bond acceptors (Lipinski definition) is 3. The van der Waals surface area contributed by atoms with Crippen molar-refractivity contribution in [1.82, 2.24) is 10.2 Å². The average Bonchev–Trinajstić information content (AvgIpc) is 2.64. The van der Waals surface area contributed by atoms with Crippen molar-refractivity contribution in [3.8, 4) is 0 Å². The van der Waals surface area contributed by atoms with Crippen molar-refractivity contribution < 1.29 is 9.53 Å². The van der Waals surface area contributed by atoms with E-state index in [0.717, 1.165) is 25.9 Å². The molecular weight excluding hydrogens is 430 g/mol. The van der Waals surface area contributed by atoms with E-state index in [1.165, 1.54) is 19.3 Å². The topological polar surface area (TPSA) is 41.6 Å². The summed E-state index contributed by atoms with van der Waals surface area (Å²) in [5, 5.41) is 3.24. The molecule has 1 aromatic rings. The Kier molecular flexibility index (Phi) is 7.57. The van der Waals surface area contributed by atoms with Crippen LogP contribution in [0.1, 0.15) is 42.5 Å². The highest BCUT2D eigenvalue weighted by atomic mass is 35.6. The predicted molar refractivity (Wildman–Crippen MR) is 111 cm³/mol. The Morgan fingerprint density at radius 2 is 1.85 bits per heavy atom. The molecule has 0 bridgehead atoms. The maximum Gasteiger partial charge on any atom is 0.253 e. The number of rotatable bonds is 5. The first kappa shape index (κ1) is 21.5. The molecule has 0 saturated carbocycles. The maximum atomic E-state index is 12.5. The second-order valence-corrected chi connectivity index (χ2v) is 10.0. The lowest BCUT2D eigenvalue weighted by Crippen LogP contribution is -2.51. The van der Waals surface area contributed by atoms with E-state index in [1.807, 2.05) is 0 Å². The zero-order valence-electron chi connectivity index (χ0n) is 15.0. The summed E-state index contributed by atoms with van der Waals surface area (Å²) in [7, 11) is 0. The Morgan fingerprint density at radius 3 is 2.56 bits per heavy atom. The molecule has 150 valence electrons. The second-order valence-electron chi connectivity index (χ2n) is 7.24. The number of nitrogens with one attached hydrogen (secondary N) is 1. The highest BCUT2D eigenvalue weighted by Gasteiger charge is 2.38. The lowest BCUT2D eigenvalue weighted by atomic mass is 9.84. The highest BCUT2D eigenvalue weighted by Crippen LogP contribution is 2.34. The van der Waals surface area contributed by atoms with Crippen molar-refractivity contribution in [2.45, 2.75) is 48.2 Å². The smallest absolute Gasteiger partial charge is 0.253 e. The Hall–Kier alpha value is -0.230. The number of carbonyl (C=O) groups is 1. The zero-order chi connectivity index (χ0) is 19.4. The summed E-state index contributed by atoms with van der Waals surface area (Å²) >= 11 is 24.1. The van der Waals surface area contributed by atoms with Gasteiger partial charge in [0.05, 0.1) is 6.61 Å². The number of nitrogens with zero attached hydrogens (tertiary/aromatic N) is 1. The van der Waals surface area contributed by atoms with E-state index in [2.05, 4.69) is 10.2 Å². The van der Waals surface area contributed by atoms with Gasteiger partial charge in [-0.25, -0.2) is 0 Å². The monoisotopic (exact) mass is 452 g/mol. The molecule has 3 unspecified atom stereocenters. The number of hydrogen-bond donors (Lipinski definition) is 1. The summed E-state index contributed by atoms with van der Waals surface area (Å²) in [4.78, 5) is 15.0. The Labute approximate surface area is 180 Å². The van der Waals surface area contributed by atoms with Crippen LogP contribution in [0.2, 0.25) is 5.02 Å². The van der Waals surface area contributed by atoms with Crippen LogP contribution in [0, 0.1) is 5.92 Å². The van der Waals surface area contributed by atoms with Crippen LogP contribution >= 0.6 is 46.4 Å². The van der Waals surface area contributed by atoms with Crippen LogP contribution in [0.3, 0.4) is 0 Å². The number of alkyl halides is 3. The Morgan fingerprint density at radius 1 is 1.15 bits per heavy atom. The molecule has 1 amide bonds. The van der Waals surface area contributed by atoms with Crippen molar-refractivity contribution in [3.63, 3.8) is 0 Å².